The summed E-state index contributed by atoms with van der Waals surface area (Å²) in [6, 6.07) is 4.03. The predicted octanol–water partition coefficient (Wildman–Crippen LogP) is 3.85. The third kappa shape index (κ3) is 4.14. The van der Waals surface area contributed by atoms with Crippen molar-refractivity contribution in [2.75, 3.05) is 7.11 Å². The summed E-state index contributed by atoms with van der Waals surface area (Å²) in [5, 5.41) is 9.00. The van der Waals surface area contributed by atoms with Crippen LogP contribution in [0.4, 0.5) is 13.2 Å². The van der Waals surface area contributed by atoms with E-state index in [2.05, 4.69) is 20.7 Å². The van der Waals surface area contributed by atoms with Crippen LogP contribution >= 0.6 is 27.7 Å². The number of alkyl halides is 4. The first-order valence-corrected chi connectivity index (χ1v) is 6.73. The molecule has 0 heterocycles. The van der Waals surface area contributed by atoms with Gasteiger partial charge in [-0.15, -0.1) is 0 Å². The summed E-state index contributed by atoms with van der Waals surface area (Å²) in [5.41, 5.74) is -4.46. The van der Waals surface area contributed by atoms with Crippen LogP contribution < -0.4 is 0 Å². The molecule has 0 bridgehead atoms. The molecule has 0 aliphatic heterocycles. The van der Waals surface area contributed by atoms with E-state index in [9.17, 15) is 18.0 Å². The lowest BCUT2D eigenvalue weighted by molar-refractivity contribution is -0.0328. The van der Waals surface area contributed by atoms with E-state index in [4.69, 9.17) is 5.26 Å². The highest BCUT2D eigenvalue weighted by Crippen LogP contribution is 2.41. The number of carbonyl (C=O) groups is 1. The minimum Gasteiger partial charge on any atom is -0.465 e. The Morgan fingerprint density at radius 3 is 2.58 bits per heavy atom. The van der Waals surface area contributed by atoms with Crippen LogP contribution in [0.2, 0.25) is 0 Å². The molecule has 0 amide bonds. The number of hydrogen-bond donors (Lipinski definition) is 0. The Hall–Kier alpha value is -1.20. The largest absolute Gasteiger partial charge is 0.465 e. The molecule has 0 radical (unpaired) electrons. The zero-order valence-electron chi connectivity index (χ0n) is 9.55. The average Bonchev–Trinajstić information content (AvgIpc) is 2.36. The minimum atomic E-state index is -4.50. The fourth-order valence-corrected chi connectivity index (χ4v) is 2.68. The van der Waals surface area contributed by atoms with Crippen LogP contribution in [-0.4, -0.2) is 18.6 Å². The van der Waals surface area contributed by atoms with E-state index >= 15 is 0 Å². The van der Waals surface area contributed by atoms with E-state index in [1.807, 2.05) is 0 Å². The molecule has 0 aliphatic rings. The maximum absolute atomic E-state index is 12.4. The third-order valence-electron chi connectivity index (χ3n) is 2.07. The molecule has 0 atom stereocenters. The maximum atomic E-state index is 12.4. The molecule has 19 heavy (non-hydrogen) atoms. The smallest absolute Gasteiger partial charge is 0.446 e. The van der Waals surface area contributed by atoms with Gasteiger partial charge in [0.25, 0.3) is 0 Å². The Bertz CT molecular complexity index is 540. The van der Waals surface area contributed by atoms with E-state index in [1.165, 1.54) is 6.07 Å². The average molecular weight is 354 g/mol. The van der Waals surface area contributed by atoms with Crippen molar-refractivity contribution in [2.24, 2.45) is 0 Å². The van der Waals surface area contributed by atoms with Crippen molar-refractivity contribution in [1.82, 2.24) is 0 Å². The fourth-order valence-electron chi connectivity index (χ4n) is 1.34. The first-order valence-electron chi connectivity index (χ1n) is 4.79. The summed E-state index contributed by atoms with van der Waals surface area (Å²) in [7, 11) is 1.15. The van der Waals surface area contributed by atoms with Gasteiger partial charge in [-0.2, -0.15) is 18.4 Å². The van der Waals surface area contributed by atoms with Crippen molar-refractivity contribution in [2.45, 2.75) is 15.7 Å². The standard InChI is InChI=1S/C11H7BrF3NO2S/c1-18-10(17)6-2-7(4-12)9(8(3-6)5-16)19-11(13,14)15/h2-3H,4H2,1H3. The van der Waals surface area contributed by atoms with Crippen LogP contribution in [0.15, 0.2) is 17.0 Å². The van der Waals surface area contributed by atoms with E-state index in [-0.39, 0.29) is 38.7 Å². The van der Waals surface area contributed by atoms with Gasteiger partial charge >= 0.3 is 11.5 Å². The lowest BCUT2D eigenvalue weighted by Crippen LogP contribution is -2.06. The van der Waals surface area contributed by atoms with Crippen LogP contribution in [-0.2, 0) is 10.1 Å². The highest BCUT2D eigenvalue weighted by Gasteiger charge is 2.32. The Morgan fingerprint density at radius 1 is 1.53 bits per heavy atom. The van der Waals surface area contributed by atoms with E-state index in [1.54, 1.807) is 6.07 Å². The molecule has 0 fully saturated rings. The molecule has 0 aliphatic carbocycles. The predicted molar refractivity (Wildman–Crippen MR) is 67.0 cm³/mol. The molecular formula is C11H7BrF3NO2S. The first-order chi connectivity index (χ1) is 8.82. The Kier molecular flexibility index (Phi) is 5.26. The number of halogens is 4. The summed E-state index contributed by atoms with van der Waals surface area (Å²) < 4.78 is 41.8. The summed E-state index contributed by atoms with van der Waals surface area (Å²) in [6.07, 6.45) is 0. The molecule has 0 N–H and O–H groups in total. The highest BCUT2D eigenvalue weighted by molar-refractivity contribution is 9.08. The number of benzene rings is 1. The van der Waals surface area contributed by atoms with Crippen LogP contribution in [0.1, 0.15) is 21.5 Å². The SMILES string of the molecule is COC(=O)c1cc(C#N)c(SC(F)(F)F)c(CBr)c1. The molecule has 102 valence electrons. The van der Waals surface area contributed by atoms with Gasteiger partial charge in [0.1, 0.15) is 6.07 Å². The second-order valence-electron chi connectivity index (χ2n) is 3.30. The zero-order chi connectivity index (χ0) is 14.6. The first kappa shape index (κ1) is 15.9. The van der Waals surface area contributed by atoms with Crippen molar-refractivity contribution in [3.63, 3.8) is 0 Å². The van der Waals surface area contributed by atoms with E-state index < -0.39 is 11.5 Å². The number of hydrogen-bond acceptors (Lipinski definition) is 4. The molecule has 0 saturated carbocycles. The highest BCUT2D eigenvalue weighted by atomic mass is 79.9. The lowest BCUT2D eigenvalue weighted by Gasteiger charge is -2.12. The van der Waals surface area contributed by atoms with Gasteiger partial charge in [-0.1, -0.05) is 15.9 Å². The quantitative estimate of drug-likeness (QED) is 0.470. The van der Waals surface area contributed by atoms with E-state index in [0.29, 0.717) is 0 Å². The number of rotatable bonds is 3. The molecule has 1 aromatic carbocycles. The van der Waals surface area contributed by atoms with Gasteiger partial charge < -0.3 is 4.74 Å². The molecular weight excluding hydrogens is 347 g/mol. The molecule has 0 spiro atoms. The molecule has 1 rings (SSSR count). The van der Waals surface area contributed by atoms with Crippen LogP contribution in [0.5, 0.6) is 0 Å². The Balaban J connectivity index is 3.39. The Labute approximate surface area is 119 Å². The van der Waals surface area contributed by atoms with Crippen molar-refractivity contribution < 1.29 is 22.7 Å². The van der Waals surface area contributed by atoms with Gasteiger partial charge in [-0.05, 0) is 29.5 Å². The van der Waals surface area contributed by atoms with Crippen LogP contribution in [0, 0.1) is 11.3 Å². The van der Waals surface area contributed by atoms with Gasteiger partial charge in [-0.3, -0.25) is 0 Å². The van der Waals surface area contributed by atoms with Crippen molar-refractivity contribution in [3.8, 4) is 6.07 Å². The van der Waals surface area contributed by atoms with Gasteiger partial charge in [0, 0.05) is 10.2 Å². The number of nitrogens with zero attached hydrogens (tertiary/aromatic N) is 1. The zero-order valence-corrected chi connectivity index (χ0v) is 11.9. The van der Waals surface area contributed by atoms with Gasteiger partial charge in [0.15, 0.2) is 0 Å². The Morgan fingerprint density at radius 2 is 2.16 bits per heavy atom. The van der Waals surface area contributed by atoms with Crippen molar-refractivity contribution in [1.29, 1.82) is 5.26 Å². The third-order valence-corrected chi connectivity index (χ3v) is 3.59. The molecule has 8 heteroatoms. The molecule has 0 unspecified atom stereocenters. The second-order valence-corrected chi connectivity index (χ2v) is 4.93. The number of thioether (sulfide) groups is 1. The molecule has 1 aromatic rings. The summed E-state index contributed by atoms with van der Waals surface area (Å²) in [4.78, 5) is 11.2. The molecule has 3 nitrogen and oxygen atoms in total. The van der Waals surface area contributed by atoms with Gasteiger partial charge in [-0.25, -0.2) is 4.79 Å². The monoisotopic (exact) mass is 353 g/mol. The topological polar surface area (TPSA) is 50.1 Å². The fraction of sp³-hybridized carbons (Fsp3) is 0.273. The van der Waals surface area contributed by atoms with Crippen LogP contribution in [0.25, 0.3) is 0 Å². The normalized spacial score (nSPS) is 10.9. The second kappa shape index (κ2) is 6.30. The number of nitriles is 1. The summed E-state index contributed by atoms with van der Waals surface area (Å²) in [6.45, 7) is 0. The summed E-state index contributed by atoms with van der Waals surface area (Å²) in [5.74, 6) is -0.706. The van der Waals surface area contributed by atoms with E-state index in [0.717, 1.165) is 13.2 Å². The van der Waals surface area contributed by atoms with Gasteiger partial charge in [0.2, 0.25) is 0 Å². The summed E-state index contributed by atoms with van der Waals surface area (Å²) >= 11 is 2.67. The lowest BCUT2D eigenvalue weighted by atomic mass is 10.1. The van der Waals surface area contributed by atoms with Crippen molar-refractivity contribution >= 4 is 33.7 Å². The molecule has 0 saturated heterocycles. The van der Waals surface area contributed by atoms with Crippen molar-refractivity contribution in [3.05, 3.63) is 28.8 Å². The maximum Gasteiger partial charge on any atom is 0.446 e. The minimum absolute atomic E-state index is 0.0417. The molecule has 0 aromatic heterocycles. The number of methoxy groups -OCH3 is 1. The number of carbonyl (C=O) groups excluding carboxylic acids is 1. The van der Waals surface area contributed by atoms with Gasteiger partial charge in [0.05, 0.1) is 18.2 Å². The number of esters is 1. The number of ether oxygens (including phenoxy) is 1. The van der Waals surface area contributed by atoms with Crippen LogP contribution in [0.3, 0.4) is 0 Å².